The number of fused-ring (bicyclic) bond motifs is 2. The van der Waals surface area contributed by atoms with Crippen LogP contribution in [0, 0.1) is 29.1 Å². The van der Waals surface area contributed by atoms with Crippen LogP contribution in [0.3, 0.4) is 0 Å². The van der Waals surface area contributed by atoms with Crippen LogP contribution in [0.2, 0.25) is 0 Å². The topological polar surface area (TPSA) is 245 Å². The summed E-state index contributed by atoms with van der Waals surface area (Å²) in [6.07, 6.45) is 0.533. The van der Waals surface area contributed by atoms with Crippen LogP contribution in [0.4, 0.5) is 21.9 Å². The Labute approximate surface area is 470 Å². The molecule has 5 rings (SSSR count). The first-order chi connectivity index (χ1) is 37.6. The minimum atomic E-state index is -1.08. The highest BCUT2D eigenvalue weighted by Gasteiger charge is 2.42. The Hall–Kier alpha value is -8.30. The monoisotopic (exact) mass is 1090 g/mol. The number of benzene rings is 4. The van der Waals surface area contributed by atoms with Crippen molar-refractivity contribution in [1.82, 2.24) is 26.2 Å². The van der Waals surface area contributed by atoms with E-state index in [1.54, 1.807) is 81.4 Å². The van der Waals surface area contributed by atoms with E-state index >= 15 is 0 Å². The average molecular weight is 1100 g/mol. The van der Waals surface area contributed by atoms with Crippen molar-refractivity contribution in [1.29, 1.82) is 0 Å². The molecule has 0 saturated carbocycles. The number of nitrogens with zero attached hydrogens (tertiary/aromatic N) is 2. The lowest BCUT2D eigenvalue weighted by molar-refractivity contribution is -0.141. The lowest BCUT2D eigenvalue weighted by Gasteiger charge is -2.40. The molecule has 4 aromatic carbocycles. The molecule has 1 aliphatic heterocycles. The number of anilines is 3. The number of hydrogen-bond donors (Lipinski definition) is 7. The van der Waals surface area contributed by atoms with Crippen LogP contribution < -0.4 is 36.8 Å². The predicted octanol–water partition coefficient (Wildman–Crippen LogP) is 7.66. The van der Waals surface area contributed by atoms with E-state index in [1.165, 1.54) is 18.7 Å². The van der Waals surface area contributed by atoms with Gasteiger partial charge in [-0.05, 0) is 97.3 Å². The van der Waals surface area contributed by atoms with Gasteiger partial charge < -0.3 is 46.2 Å². The van der Waals surface area contributed by atoms with E-state index in [4.69, 9.17) is 4.74 Å². The number of ether oxygens (including phenoxy) is 1. The average Bonchev–Trinajstić information content (AvgIpc) is 3.44. The van der Waals surface area contributed by atoms with Crippen molar-refractivity contribution >= 4 is 64.6 Å². The van der Waals surface area contributed by atoms with E-state index in [0.717, 1.165) is 11.1 Å². The molecule has 0 saturated heterocycles. The van der Waals surface area contributed by atoms with Gasteiger partial charge in [0.05, 0.1) is 24.3 Å². The summed E-state index contributed by atoms with van der Waals surface area (Å²) in [5.74, 6) is 2.17. The molecule has 80 heavy (non-hydrogen) atoms. The number of aliphatic carboxylic acids is 1. The minimum absolute atomic E-state index is 0.108. The number of nitrogens with one attached hydrogen (secondary N) is 6. The summed E-state index contributed by atoms with van der Waals surface area (Å²) in [5.41, 5.74) is 3.70. The zero-order valence-electron chi connectivity index (χ0n) is 48.2. The summed E-state index contributed by atoms with van der Waals surface area (Å²) in [5, 5.41) is 26.6. The van der Waals surface area contributed by atoms with Gasteiger partial charge in [0.15, 0.2) is 0 Å². The molecule has 7 N–H and O–H groups in total. The number of carbonyl (C=O) groups excluding carboxylic acids is 7. The van der Waals surface area contributed by atoms with Crippen LogP contribution >= 0.6 is 0 Å². The van der Waals surface area contributed by atoms with Gasteiger partial charge in [0, 0.05) is 53.4 Å². The number of hydrogen-bond acceptors (Lipinski definition) is 10. The van der Waals surface area contributed by atoms with Crippen LogP contribution in [-0.2, 0) is 56.9 Å². The van der Waals surface area contributed by atoms with E-state index in [0.29, 0.717) is 33.8 Å². The molecule has 7 amide bonds. The van der Waals surface area contributed by atoms with Crippen molar-refractivity contribution in [3.63, 3.8) is 0 Å². The Bertz CT molecular complexity index is 3020. The van der Waals surface area contributed by atoms with Crippen LogP contribution in [0.25, 0.3) is 0 Å². The summed E-state index contributed by atoms with van der Waals surface area (Å²) in [6, 6.07) is 24.2. The van der Waals surface area contributed by atoms with Gasteiger partial charge in [-0.1, -0.05) is 135 Å². The Kier molecular flexibility index (Phi) is 21.5. The van der Waals surface area contributed by atoms with Crippen molar-refractivity contribution in [2.24, 2.45) is 17.3 Å². The summed E-state index contributed by atoms with van der Waals surface area (Å²) in [7, 11) is 3.26. The molecular formula is C62H78N8O10. The lowest BCUT2D eigenvalue weighted by atomic mass is 9.76. The predicted molar refractivity (Wildman–Crippen MR) is 309 cm³/mol. The molecule has 1 aliphatic rings. The highest BCUT2D eigenvalue weighted by atomic mass is 16.5. The van der Waals surface area contributed by atoms with Crippen LogP contribution in [0.5, 0.6) is 0 Å². The molecule has 0 aliphatic carbocycles. The SMILES string of the molecule is CNC(C(=O)N[C@H](C(=O)N(C)[C@H](/C=C(\C)C(=O)O)C(C)C)C(C)(C)C)C(C)(C)c1cccc(NC(=O)OCc2ccc(NC(=O)[C@H](C)NC(=O)[C@@H](NC(=O)CCC(=O)N3Cc4ccccc4C#Cc4ccccc43)C(C)C)cc2)c1. The van der Waals surface area contributed by atoms with Crippen LogP contribution in [0.1, 0.15) is 117 Å². The molecule has 5 atom stereocenters. The maximum atomic E-state index is 14.2. The van der Waals surface area contributed by atoms with E-state index < -0.39 is 76.7 Å². The Morgan fingerprint density at radius 3 is 1.98 bits per heavy atom. The van der Waals surface area contributed by atoms with Gasteiger partial charge in [-0.25, -0.2) is 9.59 Å². The quantitative estimate of drug-likeness (QED) is 0.0298. The maximum Gasteiger partial charge on any atom is 0.411 e. The molecule has 18 nitrogen and oxygen atoms in total. The van der Waals surface area contributed by atoms with Gasteiger partial charge >= 0.3 is 12.1 Å². The molecule has 0 bridgehead atoms. The standard InChI is InChI=1S/C62H78N8O10/c1-37(2)49(33-39(5)59(77)78)69(13)58(76)54(61(7,8)9)68-57(75)53(63-12)62(10,11)45-22-18-23-47(34-45)66-60(79)80-36-41-25-29-46(30-26-41)65-55(73)40(6)64-56(74)52(38(3)4)67-50(71)31-32-51(72)70-35-44-21-15-14-19-42(44)27-28-43-20-16-17-24-48(43)70/h14-26,29-30,33-34,37-38,40,49,52-54,63H,31-32,35-36H2,1-13H3,(H,64,74)(H,65,73)(H,66,79)(H,67,71)(H,68,75)(H,77,78)/b39-33+/t40-,49+,52-,53?,54+/m0/s1. The molecule has 0 aromatic heterocycles. The van der Waals surface area contributed by atoms with Gasteiger partial charge in [0.25, 0.3) is 0 Å². The van der Waals surface area contributed by atoms with Gasteiger partial charge in [0.2, 0.25) is 35.4 Å². The number of para-hydroxylation sites is 1. The second-order valence-corrected chi connectivity index (χ2v) is 22.5. The fourth-order valence-corrected chi connectivity index (χ4v) is 9.24. The second kappa shape index (κ2) is 27.5. The van der Waals surface area contributed by atoms with E-state index in [1.807, 2.05) is 103 Å². The van der Waals surface area contributed by atoms with Crippen molar-refractivity contribution in [2.45, 2.75) is 138 Å². The van der Waals surface area contributed by atoms with E-state index in [9.17, 15) is 43.5 Å². The van der Waals surface area contributed by atoms with Gasteiger partial charge in [-0.2, -0.15) is 0 Å². The summed E-state index contributed by atoms with van der Waals surface area (Å²) >= 11 is 0. The Morgan fingerprint density at radius 2 is 1.35 bits per heavy atom. The molecule has 0 fully saturated rings. The number of carbonyl (C=O) groups is 8. The number of amides is 7. The summed E-state index contributed by atoms with van der Waals surface area (Å²) < 4.78 is 5.52. The third-order valence-electron chi connectivity index (χ3n) is 14.1. The largest absolute Gasteiger partial charge is 0.478 e. The van der Waals surface area contributed by atoms with Crippen molar-refractivity contribution in [2.75, 3.05) is 29.6 Å². The zero-order valence-corrected chi connectivity index (χ0v) is 48.2. The number of carboxylic acid groups (broad SMARTS) is 1. The molecule has 18 heteroatoms. The fraction of sp³-hybridized carbons (Fsp3) is 0.419. The highest BCUT2D eigenvalue weighted by molar-refractivity contribution is 6.00. The van der Waals surface area contributed by atoms with Crippen molar-refractivity contribution < 1.29 is 48.2 Å². The van der Waals surface area contributed by atoms with Gasteiger partial charge in [-0.3, -0.25) is 34.1 Å². The number of carboxylic acids is 1. The van der Waals surface area contributed by atoms with Crippen molar-refractivity contribution in [3.05, 3.63) is 137 Å². The third kappa shape index (κ3) is 16.6. The number of likely N-dealkylation sites (N-methyl/N-ethyl adjacent to an activating group) is 2. The first kappa shape index (κ1) is 62.5. The maximum absolute atomic E-state index is 14.2. The number of rotatable bonds is 22. The molecule has 0 spiro atoms. The van der Waals surface area contributed by atoms with Crippen LogP contribution in [0.15, 0.2) is 109 Å². The second-order valence-electron chi connectivity index (χ2n) is 22.5. The molecule has 1 heterocycles. The highest BCUT2D eigenvalue weighted by Crippen LogP contribution is 2.32. The fourth-order valence-electron chi connectivity index (χ4n) is 9.24. The van der Waals surface area contributed by atoms with E-state index in [2.05, 4.69) is 43.7 Å². The van der Waals surface area contributed by atoms with Gasteiger partial charge in [-0.15, -0.1) is 0 Å². The first-order valence-corrected chi connectivity index (χ1v) is 26.8. The van der Waals surface area contributed by atoms with Gasteiger partial charge in [0.1, 0.15) is 24.7 Å². The first-order valence-electron chi connectivity index (χ1n) is 26.8. The molecule has 0 radical (unpaired) electrons. The smallest absolute Gasteiger partial charge is 0.411 e. The minimum Gasteiger partial charge on any atom is -0.478 e. The summed E-state index contributed by atoms with van der Waals surface area (Å²) in [6.45, 7) is 19.8. The molecule has 4 aromatic rings. The van der Waals surface area contributed by atoms with E-state index in [-0.39, 0.29) is 55.2 Å². The molecule has 1 unspecified atom stereocenters. The molecule has 426 valence electrons. The summed E-state index contributed by atoms with van der Waals surface area (Å²) in [4.78, 5) is 110. The normalized spacial score (nSPS) is 14.2. The third-order valence-corrected chi connectivity index (χ3v) is 14.1. The Balaban J connectivity index is 1.11. The molecular weight excluding hydrogens is 1020 g/mol. The Morgan fingerprint density at radius 1 is 0.713 bits per heavy atom. The lowest BCUT2D eigenvalue weighted by Crippen LogP contribution is -2.61. The zero-order chi connectivity index (χ0) is 59.2. The van der Waals surface area contributed by atoms with Crippen LogP contribution in [-0.4, -0.2) is 102 Å². The van der Waals surface area contributed by atoms with Crippen molar-refractivity contribution in [3.8, 4) is 11.8 Å².